The number of rotatable bonds is 6. The van der Waals surface area contributed by atoms with Gasteiger partial charge in [0.25, 0.3) is 5.91 Å². The Morgan fingerprint density at radius 3 is 2.50 bits per heavy atom. The second-order valence-corrected chi connectivity index (χ2v) is 5.85. The van der Waals surface area contributed by atoms with Crippen LogP contribution in [0.15, 0.2) is 46.9 Å². The van der Waals surface area contributed by atoms with E-state index in [0.29, 0.717) is 5.75 Å². The van der Waals surface area contributed by atoms with E-state index < -0.39 is 24.3 Å². The molecule has 2 aromatic rings. The van der Waals surface area contributed by atoms with Crippen LogP contribution in [-0.4, -0.2) is 25.1 Å². The number of nitrogens with one attached hydrogen (secondary N) is 1. The van der Waals surface area contributed by atoms with E-state index in [0.717, 1.165) is 10.0 Å². The minimum Gasteiger partial charge on any atom is -0.482 e. The van der Waals surface area contributed by atoms with Gasteiger partial charge in [0, 0.05) is 4.47 Å². The van der Waals surface area contributed by atoms with E-state index in [4.69, 9.17) is 9.47 Å². The van der Waals surface area contributed by atoms with E-state index in [-0.39, 0.29) is 12.3 Å². The largest absolute Gasteiger partial charge is 0.482 e. The molecule has 1 amide bonds. The van der Waals surface area contributed by atoms with Crippen LogP contribution in [-0.2, 0) is 14.3 Å². The van der Waals surface area contributed by atoms with Crippen molar-refractivity contribution in [3.8, 4) is 5.75 Å². The second-order valence-electron chi connectivity index (χ2n) is 4.93. The van der Waals surface area contributed by atoms with Gasteiger partial charge in [-0.25, -0.2) is 9.18 Å². The molecule has 0 aromatic heterocycles. The van der Waals surface area contributed by atoms with Gasteiger partial charge in [0.1, 0.15) is 11.6 Å². The maximum atomic E-state index is 13.6. The van der Waals surface area contributed by atoms with E-state index in [1.54, 1.807) is 37.3 Å². The van der Waals surface area contributed by atoms with Crippen LogP contribution in [0.3, 0.4) is 0 Å². The molecule has 0 aliphatic carbocycles. The molecular formula is C17H15BrFNO4. The normalized spacial score (nSPS) is 10.1. The van der Waals surface area contributed by atoms with Crippen LogP contribution in [0, 0.1) is 12.7 Å². The smallest absolute Gasteiger partial charge is 0.344 e. The number of aryl methyl sites for hydroxylation is 1. The third-order valence-electron chi connectivity index (χ3n) is 2.93. The Kier molecular flexibility index (Phi) is 6.31. The van der Waals surface area contributed by atoms with Crippen LogP contribution in [0.5, 0.6) is 5.75 Å². The van der Waals surface area contributed by atoms with Gasteiger partial charge in [-0.1, -0.05) is 22.0 Å². The monoisotopic (exact) mass is 395 g/mol. The van der Waals surface area contributed by atoms with Gasteiger partial charge in [0.2, 0.25) is 0 Å². The van der Waals surface area contributed by atoms with E-state index in [2.05, 4.69) is 21.2 Å². The lowest BCUT2D eigenvalue weighted by molar-refractivity contribution is -0.149. The molecule has 0 atom stereocenters. The Labute approximate surface area is 146 Å². The minimum atomic E-state index is -0.697. The summed E-state index contributed by atoms with van der Waals surface area (Å²) in [5.74, 6) is -1.37. The van der Waals surface area contributed by atoms with Crippen molar-refractivity contribution in [2.24, 2.45) is 0 Å². The van der Waals surface area contributed by atoms with E-state index in [9.17, 15) is 14.0 Å². The Morgan fingerprint density at radius 2 is 1.83 bits per heavy atom. The van der Waals surface area contributed by atoms with E-state index in [1.807, 2.05) is 0 Å². The molecule has 24 heavy (non-hydrogen) atoms. The van der Waals surface area contributed by atoms with Crippen LogP contribution in [0.2, 0.25) is 0 Å². The van der Waals surface area contributed by atoms with Gasteiger partial charge in [0.05, 0.1) is 5.69 Å². The molecule has 0 aliphatic heterocycles. The van der Waals surface area contributed by atoms with Crippen molar-refractivity contribution in [1.82, 2.24) is 0 Å². The molecular weight excluding hydrogens is 381 g/mol. The summed E-state index contributed by atoms with van der Waals surface area (Å²) in [6, 6.07) is 11.3. The summed E-state index contributed by atoms with van der Waals surface area (Å²) >= 11 is 3.28. The molecule has 5 nitrogen and oxygen atoms in total. The molecule has 0 saturated carbocycles. The zero-order chi connectivity index (χ0) is 17.5. The lowest BCUT2D eigenvalue weighted by atomic mass is 10.2. The third kappa shape index (κ3) is 5.66. The molecule has 0 aliphatic rings. The van der Waals surface area contributed by atoms with Gasteiger partial charge in [-0.3, -0.25) is 4.79 Å². The second kappa shape index (κ2) is 8.44. The van der Waals surface area contributed by atoms with Crippen LogP contribution < -0.4 is 10.1 Å². The molecule has 0 radical (unpaired) electrons. The van der Waals surface area contributed by atoms with Gasteiger partial charge in [-0.2, -0.15) is 0 Å². The summed E-state index contributed by atoms with van der Waals surface area (Å²) in [5.41, 5.74) is 0.773. The number of carbonyl (C=O) groups is 2. The molecule has 0 saturated heterocycles. The van der Waals surface area contributed by atoms with Crippen LogP contribution in [0.4, 0.5) is 10.1 Å². The number of anilines is 1. The highest BCUT2D eigenvalue weighted by molar-refractivity contribution is 9.10. The first kappa shape index (κ1) is 17.9. The number of amides is 1. The maximum absolute atomic E-state index is 13.6. The van der Waals surface area contributed by atoms with Gasteiger partial charge in [0.15, 0.2) is 13.2 Å². The summed E-state index contributed by atoms with van der Waals surface area (Å²) in [4.78, 5) is 23.2. The predicted molar refractivity (Wildman–Crippen MR) is 90.4 cm³/mol. The highest BCUT2D eigenvalue weighted by Crippen LogP contribution is 2.16. The molecule has 126 valence electrons. The Bertz CT molecular complexity index is 734. The Balaban J connectivity index is 1.74. The first-order chi connectivity index (χ1) is 11.4. The lowest BCUT2D eigenvalue weighted by Crippen LogP contribution is -2.24. The van der Waals surface area contributed by atoms with Gasteiger partial charge in [-0.15, -0.1) is 0 Å². The average molecular weight is 396 g/mol. The first-order valence-corrected chi connectivity index (χ1v) is 7.83. The van der Waals surface area contributed by atoms with Crippen LogP contribution >= 0.6 is 15.9 Å². The summed E-state index contributed by atoms with van der Waals surface area (Å²) in [6.45, 7) is 0.894. The van der Waals surface area contributed by atoms with Gasteiger partial charge >= 0.3 is 5.97 Å². The molecule has 2 aromatic carbocycles. The highest BCUT2D eigenvalue weighted by Gasteiger charge is 2.11. The highest BCUT2D eigenvalue weighted by atomic mass is 79.9. The van der Waals surface area contributed by atoms with Crippen molar-refractivity contribution in [1.29, 1.82) is 0 Å². The van der Waals surface area contributed by atoms with E-state index >= 15 is 0 Å². The lowest BCUT2D eigenvalue weighted by Gasteiger charge is -2.09. The Morgan fingerprint density at radius 1 is 1.12 bits per heavy atom. The number of hydrogen-bond acceptors (Lipinski definition) is 4. The number of hydrogen-bond donors (Lipinski definition) is 1. The molecule has 2 rings (SSSR count). The number of esters is 1. The topological polar surface area (TPSA) is 64.6 Å². The van der Waals surface area contributed by atoms with Gasteiger partial charge in [-0.05, 0) is 48.9 Å². The zero-order valence-corrected chi connectivity index (χ0v) is 14.4. The van der Waals surface area contributed by atoms with Crippen molar-refractivity contribution in [2.75, 3.05) is 18.5 Å². The van der Waals surface area contributed by atoms with Crippen molar-refractivity contribution >= 4 is 33.5 Å². The summed E-state index contributed by atoms with van der Waals surface area (Å²) in [6.07, 6.45) is 0. The van der Waals surface area contributed by atoms with Gasteiger partial charge < -0.3 is 14.8 Å². The summed E-state index contributed by atoms with van der Waals surface area (Å²) < 4.78 is 24.5. The fourth-order valence-corrected chi connectivity index (χ4v) is 2.03. The third-order valence-corrected chi connectivity index (χ3v) is 3.46. The molecule has 0 spiro atoms. The van der Waals surface area contributed by atoms with Crippen molar-refractivity contribution < 1.29 is 23.5 Å². The minimum absolute atomic E-state index is 0.0350. The fourth-order valence-electron chi connectivity index (χ4n) is 1.77. The number of benzene rings is 2. The number of halogens is 2. The number of carbonyl (C=O) groups excluding carboxylic acids is 2. The van der Waals surface area contributed by atoms with E-state index in [1.165, 1.54) is 12.1 Å². The van der Waals surface area contributed by atoms with Crippen molar-refractivity contribution in [2.45, 2.75) is 6.92 Å². The molecule has 0 bridgehead atoms. The van der Waals surface area contributed by atoms with Crippen molar-refractivity contribution in [3.63, 3.8) is 0 Å². The molecule has 1 N–H and O–H groups in total. The SMILES string of the molecule is Cc1ccc(NC(=O)COC(=O)COc2ccc(Br)cc2)c(F)c1. The maximum Gasteiger partial charge on any atom is 0.344 e. The Hall–Kier alpha value is -2.41. The van der Waals surface area contributed by atoms with Crippen molar-refractivity contribution in [3.05, 3.63) is 58.3 Å². The van der Waals surface area contributed by atoms with Crippen LogP contribution in [0.25, 0.3) is 0 Å². The number of ether oxygens (including phenoxy) is 2. The molecule has 0 fully saturated rings. The molecule has 0 unspecified atom stereocenters. The standard InChI is InChI=1S/C17H15BrFNO4/c1-11-2-7-15(14(19)8-11)20-16(21)9-24-17(22)10-23-13-5-3-12(18)4-6-13/h2-8H,9-10H2,1H3,(H,20,21). The zero-order valence-electron chi connectivity index (χ0n) is 12.8. The predicted octanol–water partition coefficient (Wildman–Crippen LogP) is 3.46. The quantitative estimate of drug-likeness (QED) is 0.760. The summed E-state index contributed by atoms with van der Waals surface area (Å²) in [7, 11) is 0. The first-order valence-electron chi connectivity index (χ1n) is 7.04. The fraction of sp³-hybridized carbons (Fsp3) is 0.176. The van der Waals surface area contributed by atoms with Crippen LogP contribution in [0.1, 0.15) is 5.56 Å². The molecule has 0 heterocycles. The average Bonchev–Trinajstić information content (AvgIpc) is 2.55. The molecule has 7 heteroatoms. The summed E-state index contributed by atoms with van der Waals surface area (Å²) in [5, 5.41) is 2.34.